The van der Waals surface area contributed by atoms with E-state index in [0.717, 1.165) is 11.1 Å². The fourth-order valence-corrected chi connectivity index (χ4v) is 2.88. The first kappa shape index (κ1) is 21.2. The van der Waals surface area contributed by atoms with Gasteiger partial charge in [-0.1, -0.05) is 44.2 Å². The van der Waals surface area contributed by atoms with Crippen LogP contribution in [0.1, 0.15) is 45.7 Å². The average molecular weight is 382 g/mol. The number of rotatable bonds is 8. The summed E-state index contributed by atoms with van der Waals surface area (Å²) >= 11 is 0. The largest absolute Gasteiger partial charge is 0.478 e. The molecule has 2 amide bonds. The molecule has 0 aliphatic carbocycles. The minimum atomic E-state index is -0.982. The van der Waals surface area contributed by atoms with Gasteiger partial charge in [0.25, 0.3) is 5.91 Å². The summed E-state index contributed by atoms with van der Waals surface area (Å²) in [5.74, 6) is -1.60. The third-order valence-corrected chi connectivity index (χ3v) is 4.51. The third kappa shape index (κ3) is 5.67. The van der Waals surface area contributed by atoms with E-state index >= 15 is 0 Å². The first-order valence-corrected chi connectivity index (χ1v) is 9.26. The van der Waals surface area contributed by atoms with Gasteiger partial charge in [-0.25, -0.2) is 4.79 Å². The van der Waals surface area contributed by atoms with Crippen LogP contribution in [0.5, 0.6) is 0 Å². The number of carbonyl (C=O) groups excluding carboxylic acids is 2. The van der Waals surface area contributed by atoms with Gasteiger partial charge in [0.2, 0.25) is 5.91 Å². The number of hydrogen-bond acceptors (Lipinski definition) is 3. The number of carboxylic acids is 1. The van der Waals surface area contributed by atoms with Crippen LogP contribution in [-0.2, 0) is 11.2 Å². The molecule has 2 aromatic carbocycles. The van der Waals surface area contributed by atoms with Gasteiger partial charge in [0.15, 0.2) is 0 Å². The number of hydrogen-bond donors (Lipinski definition) is 3. The molecule has 0 saturated carbocycles. The standard InChI is InChI=1S/C22H26N2O4/c1-14(2)19(24-20(25)18-10-5-4-7-15(18)3)21(26)23-12-11-16-8-6-9-17(13-16)22(27)28/h4-10,13-14,19H,11-12H2,1-3H3,(H,23,26)(H,24,25)(H,27,28). The van der Waals surface area contributed by atoms with Gasteiger partial charge in [0.05, 0.1) is 5.56 Å². The van der Waals surface area contributed by atoms with Crippen molar-refractivity contribution in [2.75, 3.05) is 6.54 Å². The highest BCUT2D eigenvalue weighted by Gasteiger charge is 2.24. The van der Waals surface area contributed by atoms with Crippen molar-refractivity contribution in [3.05, 3.63) is 70.8 Å². The minimum absolute atomic E-state index is 0.0803. The van der Waals surface area contributed by atoms with E-state index in [0.29, 0.717) is 18.5 Å². The quantitative estimate of drug-likeness (QED) is 0.654. The number of nitrogens with one attached hydrogen (secondary N) is 2. The molecule has 6 heteroatoms. The van der Waals surface area contributed by atoms with E-state index in [1.54, 1.807) is 24.3 Å². The summed E-state index contributed by atoms with van der Waals surface area (Å²) in [7, 11) is 0. The van der Waals surface area contributed by atoms with Crippen LogP contribution in [0.15, 0.2) is 48.5 Å². The molecule has 0 saturated heterocycles. The van der Waals surface area contributed by atoms with Gasteiger partial charge in [0, 0.05) is 12.1 Å². The molecule has 2 rings (SSSR count). The molecule has 28 heavy (non-hydrogen) atoms. The van der Waals surface area contributed by atoms with Crippen molar-refractivity contribution in [1.29, 1.82) is 0 Å². The Labute approximate surface area is 165 Å². The summed E-state index contributed by atoms with van der Waals surface area (Å²) in [5.41, 5.74) is 2.44. The van der Waals surface area contributed by atoms with E-state index in [9.17, 15) is 14.4 Å². The van der Waals surface area contributed by atoms with Crippen molar-refractivity contribution in [2.24, 2.45) is 5.92 Å². The maximum Gasteiger partial charge on any atom is 0.335 e. The van der Waals surface area contributed by atoms with Crippen LogP contribution in [0.2, 0.25) is 0 Å². The van der Waals surface area contributed by atoms with Crippen molar-refractivity contribution >= 4 is 17.8 Å². The molecule has 0 bridgehead atoms. The van der Waals surface area contributed by atoms with Gasteiger partial charge >= 0.3 is 5.97 Å². The van der Waals surface area contributed by atoms with Crippen molar-refractivity contribution in [3.63, 3.8) is 0 Å². The second kappa shape index (κ2) is 9.69. The lowest BCUT2D eigenvalue weighted by Crippen LogP contribution is -2.50. The smallest absolute Gasteiger partial charge is 0.335 e. The summed E-state index contributed by atoms with van der Waals surface area (Å²) in [6, 6.07) is 13.2. The highest BCUT2D eigenvalue weighted by atomic mass is 16.4. The van der Waals surface area contributed by atoms with E-state index in [2.05, 4.69) is 10.6 Å². The summed E-state index contributed by atoms with van der Waals surface area (Å²) < 4.78 is 0. The van der Waals surface area contributed by atoms with Gasteiger partial charge in [-0.15, -0.1) is 0 Å². The predicted molar refractivity (Wildman–Crippen MR) is 107 cm³/mol. The predicted octanol–water partition coefficient (Wildman–Crippen LogP) is 2.81. The molecule has 148 valence electrons. The van der Waals surface area contributed by atoms with Crippen molar-refractivity contribution in [2.45, 2.75) is 33.2 Å². The molecule has 0 aliphatic heterocycles. The van der Waals surface area contributed by atoms with Crippen molar-refractivity contribution < 1.29 is 19.5 Å². The van der Waals surface area contributed by atoms with Crippen LogP contribution in [0, 0.1) is 12.8 Å². The Morgan fingerprint density at radius 2 is 1.75 bits per heavy atom. The molecule has 1 unspecified atom stereocenters. The van der Waals surface area contributed by atoms with Crippen molar-refractivity contribution in [3.8, 4) is 0 Å². The van der Waals surface area contributed by atoms with Crippen molar-refractivity contribution in [1.82, 2.24) is 10.6 Å². The van der Waals surface area contributed by atoms with Crippen LogP contribution in [0.3, 0.4) is 0 Å². The Hall–Kier alpha value is -3.15. The van der Waals surface area contributed by atoms with E-state index in [1.165, 1.54) is 6.07 Å². The molecule has 6 nitrogen and oxygen atoms in total. The number of carbonyl (C=O) groups is 3. The summed E-state index contributed by atoms with van der Waals surface area (Å²) in [4.78, 5) is 36.1. The van der Waals surface area contributed by atoms with Gasteiger partial charge in [-0.3, -0.25) is 9.59 Å². The topological polar surface area (TPSA) is 95.5 Å². The van der Waals surface area contributed by atoms with E-state index in [-0.39, 0.29) is 23.3 Å². The van der Waals surface area contributed by atoms with E-state index in [1.807, 2.05) is 39.0 Å². The van der Waals surface area contributed by atoms with Crippen LogP contribution in [0.4, 0.5) is 0 Å². The highest BCUT2D eigenvalue weighted by Crippen LogP contribution is 2.10. The molecule has 0 aromatic heterocycles. The zero-order valence-corrected chi connectivity index (χ0v) is 16.4. The van der Waals surface area contributed by atoms with Crippen LogP contribution < -0.4 is 10.6 Å². The highest BCUT2D eigenvalue weighted by molar-refractivity contribution is 5.98. The fraction of sp³-hybridized carbons (Fsp3) is 0.318. The molecule has 1 atom stereocenters. The van der Waals surface area contributed by atoms with Gasteiger partial charge in [-0.05, 0) is 48.6 Å². The number of aryl methyl sites for hydroxylation is 1. The molecule has 2 aromatic rings. The molecule has 0 spiro atoms. The Morgan fingerprint density at radius 3 is 2.39 bits per heavy atom. The lowest BCUT2D eigenvalue weighted by molar-refractivity contribution is -0.123. The number of aromatic carboxylic acids is 1. The second-order valence-electron chi connectivity index (χ2n) is 7.06. The maximum absolute atomic E-state index is 12.6. The summed E-state index contributed by atoms with van der Waals surface area (Å²) in [6.07, 6.45) is 0.503. The van der Waals surface area contributed by atoms with Gasteiger partial charge in [-0.2, -0.15) is 0 Å². The molecule has 0 radical (unpaired) electrons. The number of carboxylic acid groups (broad SMARTS) is 1. The monoisotopic (exact) mass is 382 g/mol. The normalized spacial score (nSPS) is 11.7. The molecule has 0 fully saturated rings. The molecular weight excluding hydrogens is 356 g/mol. The number of benzene rings is 2. The lowest BCUT2D eigenvalue weighted by Gasteiger charge is -2.22. The molecule has 0 aliphatic rings. The minimum Gasteiger partial charge on any atom is -0.478 e. The Kier molecular flexibility index (Phi) is 7.32. The average Bonchev–Trinajstić information content (AvgIpc) is 2.66. The fourth-order valence-electron chi connectivity index (χ4n) is 2.88. The maximum atomic E-state index is 12.6. The number of amides is 2. The Bertz CT molecular complexity index is 861. The van der Waals surface area contributed by atoms with Crippen LogP contribution >= 0.6 is 0 Å². The lowest BCUT2D eigenvalue weighted by atomic mass is 10.0. The van der Waals surface area contributed by atoms with Crippen LogP contribution in [-0.4, -0.2) is 35.5 Å². The summed E-state index contributed by atoms with van der Waals surface area (Å²) in [5, 5.41) is 14.7. The van der Waals surface area contributed by atoms with Crippen LogP contribution in [0.25, 0.3) is 0 Å². The molecular formula is C22H26N2O4. The first-order chi connectivity index (χ1) is 13.3. The zero-order valence-electron chi connectivity index (χ0n) is 16.4. The Morgan fingerprint density at radius 1 is 1.04 bits per heavy atom. The first-order valence-electron chi connectivity index (χ1n) is 9.26. The van der Waals surface area contributed by atoms with Gasteiger partial charge in [0.1, 0.15) is 6.04 Å². The SMILES string of the molecule is Cc1ccccc1C(=O)NC(C(=O)NCCc1cccc(C(=O)O)c1)C(C)C. The zero-order chi connectivity index (χ0) is 20.7. The van der Waals surface area contributed by atoms with E-state index in [4.69, 9.17) is 5.11 Å². The molecule has 0 heterocycles. The van der Waals surface area contributed by atoms with E-state index < -0.39 is 12.0 Å². The van der Waals surface area contributed by atoms with Gasteiger partial charge < -0.3 is 15.7 Å². The summed E-state index contributed by atoms with van der Waals surface area (Å²) in [6.45, 7) is 5.95. The molecule has 3 N–H and O–H groups in total. The Balaban J connectivity index is 1.96. The second-order valence-corrected chi connectivity index (χ2v) is 7.06. The third-order valence-electron chi connectivity index (χ3n) is 4.51.